The Morgan fingerprint density at radius 1 is 1.09 bits per heavy atom. The average molecular weight is 298 g/mol. The van der Waals surface area contributed by atoms with E-state index in [1.165, 1.54) is 26.2 Å². The molecule has 22 heavy (non-hydrogen) atoms. The molecule has 4 rings (SSSR count). The number of aromatic nitrogens is 3. The van der Waals surface area contributed by atoms with Gasteiger partial charge in [-0.2, -0.15) is 0 Å². The molecule has 116 valence electrons. The van der Waals surface area contributed by atoms with Gasteiger partial charge in [-0.05, 0) is 26.1 Å². The largest absolute Gasteiger partial charge is 0.353 e. The molecule has 0 aliphatic carbocycles. The van der Waals surface area contributed by atoms with E-state index in [0.29, 0.717) is 6.04 Å². The quantitative estimate of drug-likeness (QED) is 0.816. The van der Waals surface area contributed by atoms with E-state index < -0.39 is 0 Å². The summed E-state index contributed by atoms with van der Waals surface area (Å²) in [5.41, 5.74) is 0.799. The van der Waals surface area contributed by atoms with Crippen LogP contribution >= 0.6 is 0 Å². The maximum absolute atomic E-state index is 4.66. The van der Waals surface area contributed by atoms with E-state index in [1.807, 2.05) is 13.0 Å². The standard InChI is InChI=1S/C16H22N6/c1-12-18-15-14(4-3-5-17-15)16(19-12)22-10-13(11-22)21-8-6-20(2)7-9-21/h3-5,13H,6-11H2,1-2H3. The van der Waals surface area contributed by atoms with Crippen LogP contribution in [0.1, 0.15) is 5.82 Å². The molecule has 0 saturated carbocycles. The molecule has 0 unspecified atom stereocenters. The Kier molecular flexibility index (Phi) is 3.43. The van der Waals surface area contributed by atoms with Gasteiger partial charge in [-0.25, -0.2) is 15.0 Å². The summed E-state index contributed by atoms with van der Waals surface area (Å²) in [5.74, 6) is 1.84. The fraction of sp³-hybridized carbons (Fsp3) is 0.562. The monoisotopic (exact) mass is 298 g/mol. The minimum Gasteiger partial charge on any atom is -0.353 e. The maximum Gasteiger partial charge on any atom is 0.164 e. The molecule has 2 aliphatic rings. The van der Waals surface area contributed by atoms with Crippen molar-refractivity contribution in [3.8, 4) is 0 Å². The highest BCUT2D eigenvalue weighted by atomic mass is 15.4. The predicted molar refractivity (Wildman–Crippen MR) is 87.1 cm³/mol. The van der Waals surface area contributed by atoms with E-state index in [2.05, 4.69) is 42.8 Å². The highest BCUT2D eigenvalue weighted by Crippen LogP contribution is 2.28. The van der Waals surface area contributed by atoms with Gasteiger partial charge in [0.05, 0.1) is 5.39 Å². The lowest BCUT2D eigenvalue weighted by Crippen LogP contribution is -2.63. The van der Waals surface area contributed by atoms with Gasteiger partial charge in [0.25, 0.3) is 0 Å². The van der Waals surface area contributed by atoms with Crippen molar-refractivity contribution >= 4 is 16.9 Å². The van der Waals surface area contributed by atoms with Gasteiger partial charge < -0.3 is 9.80 Å². The molecule has 0 N–H and O–H groups in total. The Morgan fingerprint density at radius 2 is 1.86 bits per heavy atom. The number of anilines is 1. The molecule has 0 radical (unpaired) electrons. The Hall–Kier alpha value is -1.79. The topological polar surface area (TPSA) is 48.4 Å². The normalized spacial score (nSPS) is 21.3. The third-order valence-electron chi connectivity index (χ3n) is 4.78. The van der Waals surface area contributed by atoms with Gasteiger partial charge in [0.15, 0.2) is 5.65 Å². The molecular formula is C16H22N6. The maximum atomic E-state index is 4.66. The van der Waals surface area contributed by atoms with Crippen LogP contribution in [0.3, 0.4) is 0 Å². The number of fused-ring (bicyclic) bond motifs is 1. The van der Waals surface area contributed by atoms with Crippen molar-refractivity contribution in [1.82, 2.24) is 24.8 Å². The predicted octanol–water partition coefficient (Wildman–Crippen LogP) is 0.769. The zero-order valence-electron chi connectivity index (χ0n) is 13.2. The highest BCUT2D eigenvalue weighted by molar-refractivity contribution is 5.87. The van der Waals surface area contributed by atoms with Crippen LogP contribution in [0.5, 0.6) is 0 Å². The number of aryl methyl sites for hydroxylation is 1. The summed E-state index contributed by atoms with van der Waals surface area (Å²) in [4.78, 5) is 20.8. The van der Waals surface area contributed by atoms with E-state index in [9.17, 15) is 0 Å². The smallest absolute Gasteiger partial charge is 0.164 e. The van der Waals surface area contributed by atoms with Crippen molar-refractivity contribution in [3.05, 3.63) is 24.2 Å². The summed E-state index contributed by atoms with van der Waals surface area (Å²) in [5, 5.41) is 1.06. The Morgan fingerprint density at radius 3 is 2.64 bits per heavy atom. The van der Waals surface area contributed by atoms with Crippen molar-refractivity contribution in [2.45, 2.75) is 13.0 Å². The fourth-order valence-corrected chi connectivity index (χ4v) is 3.34. The number of hydrogen-bond acceptors (Lipinski definition) is 6. The van der Waals surface area contributed by atoms with E-state index in [1.54, 1.807) is 6.20 Å². The van der Waals surface area contributed by atoms with Crippen LogP contribution in [0, 0.1) is 6.92 Å². The first kappa shape index (κ1) is 13.8. The number of likely N-dealkylation sites (N-methyl/N-ethyl adjacent to an activating group) is 1. The van der Waals surface area contributed by atoms with E-state index in [0.717, 1.165) is 35.8 Å². The molecule has 4 heterocycles. The van der Waals surface area contributed by atoms with Crippen LogP contribution in [0.15, 0.2) is 18.3 Å². The molecule has 2 aromatic rings. The summed E-state index contributed by atoms with van der Waals surface area (Å²) < 4.78 is 0. The van der Waals surface area contributed by atoms with Crippen LogP contribution < -0.4 is 4.90 Å². The number of piperazine rings is 1. The second-order valence-electron chi connectivity index (χ2n) is 6.37. The van der Waals surface area contributed by atoms with Crippen LogP contribution in [-0.4, -0.2) is 77.1 Å². The average Bonchev–Trinajstić information content (AvgIpc) is 2.47. The summed E-state index contributed by atoms with van der Waals surface area (Å²) in [6.45, 7) is 8.77. The molecule has 6 heteroatoms. The van der Waals surface area contributed by atoms with Gasteiger partial charge in [-0.1, -0.05) is 0 Å². The van der Waals surface area contributed by atoms with Crippen LogP contribution in [0.2, 0.25) is 0 Å². The minimum absolute atomic E-state index is 0.663. The highest BCUT2D eigenvalue weighted by Gasteiger charge is 2.34. The van der Waals surface area contributed by atoms with Gasteiger partial charge in [0.2, 0.25) is 0 Å². The number of hydrogen-bond donors (Lipinski definition) is 0. The Bertz CT molecular complexity index is 673. The van der Waals surface area contributed by atoms with Gasteiger partial charge in [-0.3, -0.25) is 4.90 Å². The summed E-state index contributed by atoms with van der Waals surface area (Å²) in [7, 11) is 2.20. The molecule has 0 atom stereocenters. The van der Waals surface area contributed by atoms with Gasteiger partial charge in [-0.15, -0.1) is 0 Å². The lowest BCUT2D eigenvalue weighted by atomic mass is 10.1. The van der Waals surface area contributed by atoms with Crippen LogP contribution in [0.25, 0.3) is 11.0 Å². The molecule has 2 saturated heterocycles. The van der Waals surface area contributed by atoms with Crippen molar-refractivity contribution in [1.29, 1.82) is 0 Å². The molecule has 2 aliphatic heterocycles. The molecule has 2 fully saturated rings. The molecule has 6 nitrogen and oxygen atoms in total. The fourth-order valence-electron chi connectivity index (χ4n) is 3.34. The van der Waals surface area contributed by atoms with E-state index >= 15 is 0 Å². The Balaban J connectivity index is 1.51. The number of nitrogens with zero attached hydrogens (tertiary/aromatic N) is 6. The number of rotatable bonds is 2. The van der Waals surface area contributed by atoms with Gasteiger partial charge in [0, 0.05) is 51.5 Å². The van der Waals surface area contributed by atoms with Crippen LogP contribution in [0.4, 0.5) is 5.82 Å². The first-order valence-electron chi connectivity index (χ1n) is 7.97. The van der Waals surface area contributed by atoms with Crippen LogP contribution in [-0.2, 0) is 0 Å². The third kappa shape index (κ3) is 2.42. The number of pyridine rings is 1. The minimum atomic E-state index is 0.663. The van der Waals surface area contributed by atoms with E-state index in [4.69, 9.17) is 0 Å². The van der Waals surface area contributed by atoms with E-state index in [-0.39, 0.29) is 0 Å². The van der Waals surface area contributed by atoms with Crippen molar-refractivity contribution in [3.63, 3.8) is 0 Å². The van der Waals surface area contributed by atoms with Crippen molar-refractivity contribution in [2.24, 2.45) is 0 Å². The first-order valence-corrected chi connectivity index (χ1v) is 7.97. The second kappa shape index (κ2) is 5.44. The zero-order chi connectivity index (χ0) is 15.1. The summed E-state index contributed by atoms with van der Waals surface area (Å²) >= 11 is 0. The molecule has 0 bridgehead atoms. The lowest BCUT2D eigenvalue weighted by molar-refractivity contribution is 0.0961. The van der Waals surface area contributed by atoms with Gasteiger partial charge >= 0.3 is 0 Å². The van der Waals surface area contributed by atoms with Crippen molar-refractivity contribution < 1.29 is 0 Å². The molecular weight excluding hydrogens is 276 g/mol. The third-order valence-corrected chi connectivity index (χ3v) is 4.78. The second-order valence-corrected chi connectivity index (χ2v) is 6.37. The first-order chi connectivity index (χ1) is 10.7. The zero-order valence-corrected chi connectivity index (χ0v) is 13.2. The molecule has 0 spiro atoms. The Labute approximate surface area is 130 Å². The molecule has 0 aromatic carbocycles. The molecule has 2 aromatic heterocycles. The van der Waals surface area contributed by atoms with Gasteiger partial charge in [0.1, 0.15) is 11.6 Å². The lowest BCUT2D eigenvalue weighted by Gasteiger charge is -2.48. The molecule has 0 amide bonds. The summed E-state index contributed by atoms with van der Waals surface area (Å²) in [6, 6.07) is 4.69. The van der Waals surface area contributed by atoms with Crippen molar-refractivity contribution in [2.75, 3.05) is 51.2 Å². The summed E-state index contributed by atoms with van der Waals surface area (Å²) in [6.07, 6.45) is 1.79. The SMILES string of the molecule is Cc1nc(N2CC(N3CCN(C)CC3)C2)c2cccnc2n1.